The van der Waals surface area contributed by atoms with Crippen molar-refractivity contribution in [1.29, 1.82) is 0 Å². The molecule has 0 aliphatic rings. The Morgan fingerprint density at radius 2 is 1.44 bits per heavy atom. The van der Waals surface area contributed by atoms with Crippen molar-refractivity contribution in [2.75, 3.05) is 5.75 Å². The fourth-order valence-corrected chi connectivity index (χ4v) is 1.33. The number of halogens is 5. The topological polar surface area (TPSA) is 57.2 Å². The van der Waals surface area contributed by atoms with Crippen LogP contribution in [-0.2, 0) is 10.1 Å². The van der Waals surface area contributed by atoms with Crippen LogP contribution in [0.15, 0.2) is 0 Å². The molecule has 0 unspecified atom stereocenters. The van der Waals surface area contributed by atoms with Crippen molar-refractivity contribution in [2.45, 2.75) is 31.4 Å². The van der Waals surface area contributed by atoms with Gasteiger partial charge in [0, 0.05) is 12.2 Å². The second kappa shape index (κ2) is 6.95. The van der Waals surface area contributed by atoms with Gasteiger partial charge in [0.1, 0.15) is 0 Å². The Kier molecular flexibility index (Phi) is 8.49. The van der Waals surface area contributed by atoms with E-state index in [9.17, 15) is 34.9 Å². The van der Waals surface area contributed by atoms with Crippen LogP contribution in [0.25, 0.3) is 0 Å². The summed E-state index contributed by atoms with van der Waals surface area (Å²) in [5, 5.41) is 0. The summed E-state index contributed by atoms with van der Waals surface area (Å²) in [5.41, 5.74) is 0. The van der Waals surface area contributed by atoms with Gasteiger partial charge >= 0.3 is 63.5 Å². The SMILES string of the molecule is O=S(=O)([O-])CCCCC(F)(F)C(F)(F)F.[K+]. The van der Waals surface area contributed by atoms with Crippen LogP contribution in [0.5, 0.6) is 0 Å². The smallest absolute Gasteiger partial charge is 0.748 e. The number of hydrogen-bond donors (Lipinski definition) is 0. The second-order valence-electron chi connectivity index (χ2n) is 2.92. The van der Waals surface area contributed by atoms with Crippen molar-refractivity contribution in [3.05, 3.63) is 0 Å². The number of alkyl halides is 5. The van der Waals surface area contributed by atoms with Crippen molar-refractivity contribution >= 4 is 10.1 Å². The molecule has 0 aromatic rings. The molecule has 0 spiro atoms. The molecule has 10 heteroatoms. The third-order valence-electron chi connectivity index (χ3n) is 1.55. The molecule has 0 amide bonds. The van der Waals surface area contributed by atoms with E-state index in [0.29, 0.717) is 0 Å². The van der Waals surface area contributed by atoms with Gasteiger partial charge in [-0.1, -0.05) is 0 Å². The van der Waals surface area contributed by atoms with Crippen LogP contribution in [0, 0.1) is 0 Å². The molecular weight excluding hydrogens is 286 g/mol. The Morgan fingerprint density at radius 1 is 1.00 bits per heavy atom. The number of unbranched alkanes of at least 4 members (excludes halogenated alkanes) is 1. The number of hydrogen-bond acceptors (Lipinski definition) is 3. The maximum atomic E-state index is 12.2. The van der Waals surface area contributed by atoms with Crippen LogP contribution in [-0.4, -0.2) is 30.8 Å². The zero-order valence-electron chi connectivity index (χ0n) is 8.35. The van der Waals surface area contributed by atoms with Crippen LogP contribution in [0.4, 0.5) is 22.0 Å². The summed E-state index contributed by atoms with van der Waals surface area (Å²) in [7, 11) is -4.55. The minimum Gasteiger partial charge on any atom is -0.748 e. The van der Waals surface area contributed by atoms with E-state index >= 15 is 0 Å². The molecule has 0 aromatic heterocycles. The molecular formula is C6H8F5KO3S. The fraction of sp³-hybridized carbons (Fsp3) is 1.00. The monoisotopic (exact) mass is 294 g/mol. The summed E-state index contributed by atoms with van der Waals surface area (Å²) in [6.07, 6.45) is -8.32. The first-order valence-corrected chi connectivity index (χ1v) is 5.41. The van der Waals surface area contributed by atoms with E-state index in [2.05, 4.69) is 0 Å². The Bertz CT molecular complexity index is 300. The zero-order chi connectivity index (χ0) is 12.3. The molecule has 16 heavy (non-hydrogen) atoms. The average Bonchev–Trinajstić information content (AvgIpc) is 1.94. The minimum atomic E-state index is -5.64. The fourth-order valence-electron chi connectivity index (χ4n) is 0.768. The van der Waals surface area contributed by atoms with Gasteiger partial charge in [0.05, 0.1) is 10.1 Å². The molecule has 0 aliphatic heterocycles. The molecule has 0 atom stereocenters. The van der Waals surface area contributed by atoms with Gasteiger partial charge in [-0.2, -0.15) is 22.0 Å². The molecule has 0 rings (SSSR count). The first kappa shape index (κ1) is 19.5. The van der Waals surface area contributed by atoms with Crippen LogP contribution >= 0.6 is 0 Å². The van der Waals surface area contributed by atoms with E-state index in [0.717, 1.165) is 0 Å². The molecule has 0 saturated carbocycles. The van der Waals surface area contributed by atoms with E-state index in [1.165, 1.54) is 0 Å². The first-order chi connectivity index (χ1) is 6.46. The van der Waals surface area contributed by atoms with Crippen LogP contribution in [0.2, 0.25) is 0 Å². The summed E-state index contributed by atoms with van der Waals surface area (Å²) < 4.78 is 89.1. The average molecular weight is 294 g/mol. The molecule has 0 aliphatic carbocycles. The first-order valence-electron chi connectivity index (χ1n) is 3.84. The van der Waals surface area contributed by atoms with Crippen LogP contribution in [0.1, 0.15) is 19.3 Å². The Labute approximate surface area is 132 Å². The van der Waals surface area contributed by atoms with Crippen molar-refractivity contribution in [2.24, 2.45) is 0 Å². The van der Waals surface area contributed by atoms with Gasteiger partial charge in [0.2, 0.25) is 0 Å². The maximum absolute atomic E-state index is 12.2. The van der Waals surface area contributed by atoms with E-state index < -0.39 is 47.2 Å². The third kappa shape index (κ3) is 8.31. The third-order valence-corrected chi connectivity index (χ3v) is 2.34. The Hall–Kier alpha value is 1.20. The maximum Gasteiger partial charge on any atom is 1.00 e. The van der Waals surface area contributed by atoms with Crippen LogP contribution in [0.3, 0.4) is 0 Å². The van der Waals surface area contributed by atoms with Crippen molar-refractivity contribution in [3.63, 3.8) is 0 Å². The summed E-state index contributed by atoms with van der Waals surface area (Å²) >= 11 is 0. The quantitative estimate of drug-likeness (QED) is 0.280. The summed E-state index contributed by atoms with van der Waals surface area (Å²) in [4.78, 5) is 0. The van der Waals surface area contributed by atoms with Gasteiger partial charge in [-0.05, 0) is 12.8 Å². The van der Waals surface area contributed by atoms with E-state index in [1.807, 2.05) is 0 Å². The van der Waals surface area contributed by atoms with Gasteiger partial charge in [-0.25, -0.2) is 8.42 Å². The van der Waals surface area contributed by atoms with Gasteiger partial charge in [-0.3, -0.25) is 0 Å². The van der Waals surface area contributed by atoms with E-state index in [1.54, 1.807) is 0 Å². The zero-order valence-corrected chi connectivity index (χ0v) is 12.3. The van der Waals surface area contributed by atoms with Crippen molar-refractivity contribution in [3.8, 4) is 0 Å². The molecule has 0 heterocycles. The molecule has 0 N–H and O–H groups in total. The van der Waals surface area contributed by atoms with E-state index in [4.69, 9.17) is 0 Å². The predicted octanol–water partition coefficient (Wildman–Crippen LogP) is -1.10. The van der Waals surface area contributed by atoms with Gasteiger partial charge in [0.15, 0.2) is 0 Å². The molecule has 0 bridgehead atoms. The molecule has 92 valence electrons. The van der Waals surface area contributed by atoms with Gasteiger partial charge in [-0.15, -0.1) is 0 Å². The Balaban J connectivity index is 0. The minimum absolute atomic E-state index is 0. The normalized spacial score (nSPS) is 13.4. The second-order valence-corrected chi connectivity index (χ2v) is 4.44. The van der Waals surface area contributed by atoms with Crippen LogP contribution < -0.4 is 51.4 Å². The van der Waals surface area contributed by atoms with Gasteiger partial charge < -0.3 is 4.55 Å². The summed E-state index contributed by atoms with van der Waals surface area (Å²) in [6.45, 7) is 0. The molecule has 0 fully saturated rings. The summed E-state index contributed by atoms with van der Waals surface area (Å²) in [6, 6.07) is 0. The number of rotatable bonds is 5. The predicted molar refractivity (Wildman–Crippen MR) is 39.4 cm³/mol. The van der Waals surface area contributed by atoms with Gasteiger partial charge in [0.25, 0.3) is 0 Å². The largest absolute Gasteiger partial charge is 1.00 e. The standard InChI is InChI=1S/C6H9F5O3S.K/c7-5(8,6(9,10)11)3-1-2-4-15(12,13)14;/h1-4H2,(H,12,13,14);/q;+1/p-1. The Morgan fingerprint density at radius 3 is 1.75 bits per heavy atom. The van der Waals surface area contributed by atoms with E-state index in [-0.39, 0.29) is 51.4 Å². The van der Waals surface area contributed by atoms with Crippen molar-refractivity contribution in [1.82, 2.24) is 0 Å². The molecule has 0 radical (unpaired) electrons. The van der Waals surface area contributed by atoms with Crippen molar-refractivity contribution < 1.29 is 86.3 Å². The summed E-state index contributed by atoms with van der Waals surface area (Å²) in [5.74, 6) is -5.76. The molecule has 3 nitrogen and oxygen atoms in total. The molecule has 0 saturated heterocycles. The molecule has 0 aromatic carbocycles.